The van der Waals surface area contributed by atoms with Crippen LogP contribution >= 0.6 is 11.6 Å². The Hall–Kier alpha value is -5.97. The lowest BCUT2D eigenvalue weighted by Gasteiger charge is -2.36. The van der Waals surface area contributed by atoms with E-state index in [0.29, 0.717) is 17.3 Å². The number of carbonyl (C=O) groups is 2. The molecule has 0 spiro atoms. The van der Waals surface area contributed by atoms with Crippen molar-refractivity contribution in [3.8, 4) is 17.1 Å². The molecule has 2 N–H and O–H groups in total. The molecule has 2 fully saturated rings. The van der Waals surface area contributed by atoms with Crippen LogP contribution in [0.25, 0.3) is 28.1 Å². The molecule has 0 unspecified atom stereocenters. The number of nitrogens with one attached hydrogen (secondary N) is 1. The minimum Gasteiger partial charge on any atom is -0.504 e. The Morgan fingerprint density at radius 2 is 1.80 bits per heavy atom. The average Bonchev–Trinajstić information content (AvgIpc) is 3.75. The van der Waals surface area contributed by atoms with Gasteiger partial charge in [-0.2, -0.15) is 22.7 Å². The van der Waals surface area contributed by atoms with Crippen molar-refractivity contribution in [1.29, 1.82) is 0 Å². The molecule has 2 aliphatic rings. The number of anilines is 2. The first-order chi connectivity index (χ1) is 26.3. The van der Waals surface area contributed by atoms with Gasteiger partial charge < -0.3 is 29.4 Å². The van der Waals surface area contributed by atoms with E-state index < -0.39 is 29.1 Å². The van der Waals surface area contributed by atoms with Crippen molar-refractivity contribution in [2.45, 2.75) is 51.9 Å². The van der Waals surface area contributed by atoms with Crippen LogP contribution < -0.4 is 15.8 Å². The van der Waals surface area contributed by atoms with Gasteiger partial charge in [-0.25, -0.2) is 9.97 Å². The number of halogens is 4. The van der Waals surface area contributed by atoms with Gasteiger partial charge in [-0.15, -0.1) is 5.10 Å². The molecule has 1 saturated carbocycles. The highest BCUT2D eigenvalue weighted by Crippen LogP contribution is 2.38. The number of aryl methyl sites for hydroxylation is 1. The molecule has 18 heteroatoms. The Kier molecular flexibility index (Phi) is 8.98. The second-order valence-corrected chi connectivity index (χ2v) is 14.0. The minimum absolute atomic E-state index is 0.0192. The Morgan fingerprint density at radius 3 is 2.49 bits per heavy atom. The van der Waals surface area contributed by atoms with Crippen LogP contribution in [-0.4, -0.2) is 81.7 Å². The lowest BCUT2D eigenvalue weighted by Crippen LogP contribution is -2.51. The number of piperazine rings is 1. The van der Waals surface area contributed by atoms with Gasteiger partial charge in [0.25, 0.3) is 11.5 Å². The van der Waals surface area contributed by atoms with Gasteiger partial charge in [-0.1, -0.05) is 18.5 Å². The van der Waals surface area contributed by atoms with Crippen molar-refractivity contribution in [1.82, 2.24) is 38.6 Å². The second kappa shape index (κ2) is 13.7. The van der Waals surface area contributed by atoms with E-state index >= 15 is 0 Å². The van der Waals surface area contributed by atoms with Crippen LogP contribution in [0.3, 0.4) is 0 Å². The van der Waals surface area contributed by atoms with Gasteiger partial charge in [-0.3, -0.25) is 14.4 Å². The van der Waals surface area contributed by atoms with E-state index in [9.17, 15) is 32.7 Å². The standard InChI is InChI=1S/C37H34ClF3N10O4/c1-3-27-31(47-12-14-48(15-13-47)34(54)30-32(53)20(2)42-19-43-30)35(55)51-36(50(27)18-29(52)44-26-8-5-23(17-25(26)38)37(39,40)41)45-33(46-51)22-4-9-28-21(16-22)10-11-49(28)24-6-7-24/h4-5,8-11,16-17,19,24,53H,3,6-7,12-15,18H2,1-2H3,(H,44,52). The summed E-state index contributed by atoms with van der Waals surface area (Å²) in [5.74, 6) is -1.05. The first kappa shape index (κ1) is 36.0. The third kappa shape index (κ3) is 6.62. The average molecular weight is 775 g/mol. The molecule has 1 aliphatic carbocycles. The highest BCUT2D eigenvalue weighted by atomic mass is 35.5. The number of hydrogen-bond acceptors (Lipinski definition) is 9. The molecule has 55 heavy (non-hydrogen) atoms. The third-order valence-electron chi connectivity index (χ3n) is 10.0. The lowest BCUT2D eigenvalue weighted by atomic mass is 10.1. The first-order valence-electron chi connectivity index (χ1n) is 17.7. The number of rotatable bonds is 8. The van der Waals surface area contributed by atoms with Gasteiger partial charge in [0.15, 0.2) is 17.3 Å². The van der Waals surface area contributed by atoms with E-state index in [4.69, 9.17) is 16.6 Å². The number of hydrogen-bond donors (Lipinski definition) is 2. The second-order valence-electron chi connectivity index (χ2n) is 13.6. The predicted octanol–water partition coefficient (Wildman–Crippen LogP) is 5.49. The molecule has 8 rings (SSSR count). The maximum Gasteiger partial charge on any atom is 0.416 e. The van der Waals surface area contributed by atoms with E-state index in [-0.39, 0.29) is 84.3 Å². The molecule has 2 amide bonds. The Labute approximate surface area is 315 Å². The zero-order valence-corrected chi connectivity index (χ0v) is 30.4. The van der Waals surface area contributed by atoms with Crippen LogP contribution in [0.4, 0.5) is 24.5 Å². The number of amides is 2. The van der Waals surface area contributed by atoms with Crippen molar-refractivity contribution >= 4 is 51.5 Å². The summed E-state index contributed by atoms with van der Waals surface area (Å²) in [4.78, 5) is 57.4. The monoisotopic (exact) mass is 774 g/mol. The molecule has 0 bridgehead atoms. The van der Waals surface area contributed by atoms with Crippen LogP contribution in [0, 0.1) is 6.92 Å². The van der Waals surface area contributed by atoms with Crippen molar-refractivity contribution in [3.63, 3.8) is 0 Å². The molecule has 1 aliphatic heterocycles. The van der Waals surface area contributed by atoms with E-state index in [2.05, 4.69) is 31.1 Å². The fourth-order valence-corrected chi connectivity index (χ4v) is 7.29. The van der Waals surface area contributed by atoms with E-state index in [1.54, 1.807) is 11.5 Å². The van der Waals surface area contributed by atoms with Gasteiger partial charge in [0.2, 0.25) is 11.7 Å². The van der Waals surface area contributed by atoms with Crippen molar-refractivity contribution in [2.75, 3.05) is 36.4 Å². The Balaban J connectivity index is 1.16. The first-order valence-corrected chi connectivity index (χ1v) is 18.0. The summed E-state index contributed by atoms with van der Waals surface area (Å²) in [6, 6.07) is 11.0. The smallest absolute Gasteiger partial charge is 0.416 e. The normalized spacial score (nSPS) is 14.9. The summed E-state index contributed by atoms with van der Waals surface area (Å²) in [6.07, 6.45) is 1.18. The Morgan fingerprint density at radius 1 is 1.04 bits per heavy atom. The van der Waals surface area contributed by atoms with Gasteiger partial charge in [0, 0.05) is 54.9 Å². The van der Waals surface area contributed by atoms with Crippen LogP contribution in [-0.2, 0) is 23.9 Å². The molecule has 14 nitrogen and oxygen atoms in total. The highest BCUT2D eigenvalue weighted by Gasteiger charge is 2.33. The summed E-state index contributed by atoms with van der Waals surface area (Å²) in [5, 5.41) is 18.4. The topological polar surface area (TPSA) is 156 Å². The molecular formula is C37H34ClF3N10O4. The van der Waals surface area contributed by atoms with E-state index in [0.717, 1.165) is 46.5 Å². The molecule has 5 heterocycles. The van der Waals surface area contributed by atoms with Crippen LogP contribution in [0.1, 0.15) is 53.2 Å². The number of aromatic hydroxyl groups is 1. The summed E-state index contributed by atoms with van der Waals surface area (Å²) >= 11 is 6.16. The molecule has 1 saturated heterocycles. The maximum atomic E-state index is 14.4. The molecule has 6 aromatic rings. The van der Waals surface area contributed by atoms with Gasteiger partial charge in [0.05, 0.1) is 27.7 Å². The fraction of sp³-hybridized carbons (Fsp3) is 0.324. The van der Waals surface area contributed by atoms with Crippen molar-refractivity contribution < 1.29 is 27.9 Å². The highest BCUT2D eigenvalue weighted by molar-refractivity contribution is 6.33. The number of aromatic nitrogens is 7. The molecular weight excluding hydrogens is 741 g/mol. The van der Waals surface area contributed by atoms with Crippen LogP contribution in [0.2, 0.25) is 5.02 Å². The minimum atomic E-state index is -4.62. The number of carbonyl (C=O) groups excluding carboxylic acids is 2. The summed E-state index contributed by atoms with van der Waals surface area (Å²) in [6.45, 7) is 3.85. The third-order valence-corrected chi connectivity index (χ3v) is 10.4. The molecule has 2 aromatic carbocycles. The van der Waals surface area contributed by atoms with E-state index in [1.807, 2.05) is 36.1 Å². The van der Waals surface area contributed by atoms with E-state index in [1.165, 1.54) is 11.2 Å². The predicted molar refractivity (Wildman–Crippen MR) is 197 cm³/mol. The maximum absolute atomic E-state index is 14.4. The number of benzene rings is 2. The molecule has 4 aromatic heterocycles. The molecule has 284 valence electrons. The lowest BCUT2D eigenvalue weighted by molar-refractivity contribution is -0.137. The van der Waals surface area contributed by atoms with Crippen LogP contribution in [0.5, 0.6) is 5.75 Å². The zero-order chi connectivity index (χ0) is 38.8. The summed E-state index contributed by atoms with van der Waals surface area (Å²) < 4.78 is 44.8. The van der Waals surface area contributed by atoms with Gasteiger partial charge in [-0.05, 0) is 68.7 Å². The SMILES string of the molecule is CCc1c(N2CCN(C(=O)c3ncnc(C)c3O)CC2)c(=O)n2nc(-c3ccc4c(ccn4C4CC4)c3)nc2n1CC(=O)Nc1ccc(C(F)(F)F)cc1Cl. The number of fused-ring (bicyclic) bond motifs is 2. The van der Waals surface area contributed by atoms with Gasteiger partial charge in [0.1, 0.15) is 18.6 Å². The number of alkyl halides is 3. The Bertz CT molecular complexity index is 2570. The summed E-state index contributed by atoms with van der Waals surface area (Å²) in [5.41, 5.74) is 1.16. The molecule has 0 atom stereocenters. The van der Waals surface area contributed by atoms with Crippen molar-refractivity contribution in [2.24, 2.45) is 0 Å². The molecule has 0 radical (unpaired) electrons. The summed E-state index contributed by atoms with van der Waals surface area (Å²) in [7, 11) is 0. The van der Waals surface area contributed by atoms with Crippen molar-refractivity contribution in [3.05, 3.63) is 93.0 Å². The zero-order valence-electron chi connectivity index (χ0n) is 29.6. The quantitative estimate of drug-likeness (QED) is 0.204. The van der Waals surface area contributed by atoms with Crippen LogP contribution in [0.15, 0.2) is 59.8 Å². The number of nitrogens with zero attached hydrogens (tertiary/aromatic N) is 9. The van der Waals surface area contributed by atoms with Gasteiger partial charge >= 0.3 is 6.18 Å². The fourth-order valence-electron chi connectivity index (χ4n) is 7.06. The largest absolute Gasteiger partial charge is 0.504 e.